The van der Waals surface area contributed by atoms with Crippen LogP contribution in [0.1, 0.15) is 13.8 Å². The number of hydrogen-bond acceptors (Lipinski definition) is 5. The highest BCUT2D eigenvalue weighted by atomic mass is 16.5. The number of ether oxygens (including phenoxy) is 1. The summed E-state index contributed by atoms with van der Waals surface area (Å²) in [6.07, 6.45) is 0. The Morgan fingerprint density at radius 2 is 2.15 bits per heavy atom. The summed E-state index contributed by atoms with van der Waals surface area (Å²) in [5, 5.41) is 11.8. The van der Waals surface area contributed by atoms with Gasteiger partial charge in [-0.3, -0.25) is 4.79 Å². The fourth-order valence-electron chi connectivity index (χ4n) is 1.05. The Kier molecular flexibility index (Phi) is 4.39. The van der Waals surface area contributed by atoms with E-state index in [-0.39, 0.29) is 0 Å². The van der Waals surface area contributed by atoms with Crippen LogP contribution in [0.2, 0.25) is 6.82 Å². The van der Waals surface area contributed by atoms with Crippen LogP contribution in [0.5, 0.6) is 0 Å². The van der Waals surface area contributed by atoms with Crippen LogP contribution in [-0.4, -0.2) is 36.7 Å². The van der Waals surface area contributed by atoms with Crippen molar-refractivity contribution < 1.29 is 14.6 Å². The number of nitrogens with two attached hydrogens (primary N) is 1. The first-order valence-corrected chi connectivity index (χ1v) is 4.10. The molecule has 0 saturated carbocycles. The molecule has 0 bridgehead atoms. The Labute approximate surface area is 78.8 Å². The fourth-order valence-corrected chi connectivity index (χ4v) is 1.05. The van der Waals surface area contributed by atoms with Crippen LogP contribution in [-0.2, 0) is 9.53 Å². The van der Waals surface area contributed by atoms with E-state index in [9.17, 15) is 4.79 Å². The van der Waals surface area contributed by atoms with Gasteiger partial charge in [-0.2, -0.15) is 0 Å². The molecule has 6 heteroatoms. The van der Waals surface area contributed by atoms with E-state index in [2.05, 4.69) is 9.96 Å². The van der Waals surface area contributed by atoms with E-state index in [0.29, 0.717) is 0 Å². The molecule has 0 aromatic heterocycles. The summed E-state index contributed by atoms with van der Waals surface area (Å²) in [6, 6.07) is -0.799. The quantitative estimate of drug-likeness (QED) is 0.387. The largest absolute Gasteiger partial charge is 0.468 e. The number of carbonyl (C=O) groups excluding carboxylic acids is 1. The highest BCUT2D eigenvalue weighted by Gasteiger charge is 2.34. The van der Waals surface area contributed by atoms with E-state index < -0.39 is 24.6 Å². The molecule has 0 aromatic rings. The van der Waals surface area contributed by atoms with Gasteiger partial charge >= 0.3 is 13.0 Å². The highest BCUT2D eigenvalue weighted by molar-refractivity contribution is 6.45. The zero-order valence-corrected chi connectivity index (χ0v) is 8.50. The van der Waals surface area contributed by atoms with Crippen molar-refractivity contribution in [3.05, 3.63) is 0 Å². The lowest BCUT2D eigenvalue weighted by atomic mass is 9.81. The van der Waals surface area contributed by atoms with Crippen LogP contribution in [0, 0.1) is 0 Å². The minimum atomic E-state index is -0.799. The second-order valence-electron chi connectivity index (χ2n) is 3.54. The molecule has 5 nitrogen and oxygen atoms in total. The minimum Gasteiger partial charge on any atom is -0.468 e. The average molecular weight is 188 g/mol. The summed E-state index contributed by atoms with van der Waals surface area (Å²) >= 11 is 0. The zero-order valence-electron chi connectivity index (χ0n) is 8.50. The summed E-state index contributed by atoms with van der Waals surface area (Å²) in [6.45, 7) is 5.01. The highest BCUT2D eigenvalue weighted by Crippen LogP contribution is 2.08. The van der Waals surface area contributed by atoms with Crippen LogP contribution >= 0.6 is 0 Å². The van der Waals surface area contributed by atoms with Crippen LogP contribution < -0.4 is 11.0 Å². The van der Waals surface area contributed by atoms with Crippen molar-refractivity contribution in [2.75, 3.05) is 7.11 Å². The molecule has 0 aliphatic rings. The van der Waals surface area contributed by atoms with Crippen molar-refractivity contribution in [1.82, 2.24) is 5.23 Å². The van der Waals surface area contributed by atoms with E-state index in [1.165, 1.54) is 7.11 Å². The van der Waals surface area contributed by atoms with Gasteiger partial charge in [-0.1, -0.05) is 0 Å². The van der Waals surface area contributed by atoms with Gasteiger partial charge in [0.2, 0.25) is 0 Å². The first-order valence-electron chi connectivity index (χ1n) is 4.10. The molecule has 0 saturated heterocycles. The smallest absolute Gasteiger partial charge is 0.374 e. The lowest BCUT2D eigenvalue weighted by Gasteiger charge is -2.31. The fraction of sp³-hybridized carbons (Fsp3) is 0.857. The van der Waals surface area contributed by atoms with Gasteiger partial charge in [-0.15, -0.1) is 0 Å². The monoisotopic (exact) mass is 188 g/mol. The molecule has 0 aliphatic carbocycles. The Bertz CT molecular complexity index is 185. The first kappa shape index (κ1) is 12.4. The molecule has 0 unspecified atom stereocenters. The molecule has 0 heterocycles. The number of carbonyl (C=O) groups is 1. The average Bonchev–Trinajstić information content (AvgIpc) is 1.99. The second-order valence-corrected chi connectivity index (χ2v) is 3.54. The van der Waals surface area contributed by atoms with Crippen LogP contribution in [0.15, 0.2) is 0 Å². The molecule has 0 fully saturated rings. The molecular formula is C7H17BN2O3. The number of nitrogens with one attached hydrogen (secondary N) is 1. The maximum absolute atomic E-state index is 11.1. The Morgan fingerprint density at radius 1 is 1.69 bits per heavy atom. The first-order chi connectivity index (χ1) is 5.81. The Balaban J connectivity index is 4.34. The topological polar surface area (TPSA) is 84.6 Å². The molecule has 0 aliphatic heterocycles. The zero-order chi connectivity index (χ0) is 10.6. The number of rotatable bonds is 4. The van der Waals surface area contributed by atoms with Crippen molar-refractivity contribution in [2.45, 2.75) is 32.3 Å². The van der Waals surface area contributed by atoms with Gasteiger partial charge in [-0.05, 0) is 20.7 Å². The van der Waals surface area contributed by atoms with Crippen molar-refractivity contribution in [1.29, 1.82) is 0 Å². The van der Waals surface area contributed by atoms with Gasteiger partial charge in [0.15, 0.2) is 0 Å². The van der Waals surface area contributed by atoms with Gasteiger partial charge in [0.1, 0.15) is 6.04 Å². The molecule has 13 heavy (non-hydrogen) atoms. The summed E-state index contributed by atoms with van der Waals surface area (Å²) in [5.74, 6) is -0.502. The summed E-state index contributed by atoms with van der Waals surface area (Å²) in [5.41, 5.74) is 4.91. The maximum atomic E-state index is 11.1. The third-order valence-electron chi connectivity index (χ3n) is 1.81. The van der Waals surface area contributed by atoms with Gasteiger partial charge in [0.25, 0.3) is 0 Å². The molecule has 1 atom stereocenters. The molecule has 0 rings (SSSR count). The number of esters is 1. The third-order valence-corrected chi connectivity index (χ3v) is 1.81. The summed E-state index contributed by atoms with van der Waals surface area (Å²) in [7, 11) is 0.561. The maximum Gasteiger partial charge on any atom is 0.374 e. The molecule has 76 valence electrons. The van der Waals surface area contributed by atoms with E-state index in [1.54, 1.807) is 20.7 Å². The van der Waals surface area contributed by atoms with Crippen LogP contribution in [0.25, 0.3) is 0 Å². The van der Waals surface area contributed by atoms with Gasteiger partial charge < -0.3 is 20.7 Å². The lowest BCUT2D eigenvalue weighted by Crippen LogP contribution is -2.61. The van der Waals surface area contributed by atoms with Crippen molar-refractivity contribution >= 4 is 13.0 Å². The second kappa shape index (κ2) is 4.60. The van der Waals surface area contributed by atoms with E-state index >= 15 is 0 Å². The predicted octanol–water partition coefficient (Wildman–Crippen LogP) is -1.03. The number of hydrogen-bond donors (Lipinski definition) is 3. The molecular weight excluding hydrogens is 171 g/mol. The predicted molar refractivity (Wildman–Crippen MR) is 51.0 cm³/mol. The van der Waals surface area contributed by atoms with E-state index in [1.807, 2.05) is 0 Å². The van der Waals surface area contributed by atoms with Gasteiger partial charge in [0, 0.05) is 5.54 Å². The van der Waals surface area contributed by atoms with Crippen LogP contribution in [0.4, 0.5) is 0 Å². The van der Waals surface area contributed by atoms with Crippen LogP contribution in [0.3, 0.4) is 0 Å². The lowest BCUT2D eigenvalue weighted by molar-refractivity contribution is -0.143. The Morgan fingerprint density at radius 3 is 2.46 bits per heavy atom. The van der Waals surface area contributed by atoms with E-state index in [4.69, 9.17) is 10.8 Å². The van der Waals surface area contributed by atoms with E-state index in [0.717, 1.165) is 0 Å². The summed E-state index contributed by atoms with van der Waals surface area (Å²) < 4.78 is 4.49. The molecule has 4 N–H and O–H groups in total. The van der Waals surface area contributed by atoms with Gasteiger partial charge in [0.05, 0.1) is 7.11 Å². The SMILES string of the molecule is COC(=O)[C@@H](N)C(C)(C)NB(C)O. The molecule has 0 radical (unpaired) electrons. The standard InChI is InChI=1S/C7H17BN2O3/c1-7(2,10-8(3)12)5(9)6(11)13-4/h5,10,12H,9H2,1-4H3/t5-/m1/s1. The van der Waals surface area contributed by atoms with Crippen molar-refractivity contribution in [3.8, 4) is 0 Å². The third kappa shape index (κ3) is 3.76. The van der Waals surface area contributed by atoms with Crippen molar-refractivity contribution in [3.63, 3.8) is 0 Å². The Hall–Kier alpha value is -0.585. The summed E-state index contributed by atoms with van der Waals surface area (Å²) in [4.78, 5) is 11.1. The molecule has 0 amide bonds. The van der Waals surface area contributed by atoms with Crippen molar-refractivity contribution in [2.24, 2.45) is 5.73 Å². The van der Waals surface area contributed by atoms with Gasteiger partial charge in [-0.25, -0.2) is 0 Å². The normalized spacial score (nSPS) is 13.7. The molecule has 0 aromatic carbocycles. The minimum absolute atomic E-state index is 0.502. The number of methoxy groups -OCH3 is 1. The molecule has 0 spiro atoms.